The third-order valence-corrected chi connectivity index (χ3v) is 6.35. The zero-order valence-electron chi connectivity index (χ0n) is 18.3. The fraction of sp³-hybridized carbons (Fsp3) is 0.0370. The third-order valence-electron chi connectivity index (χ3n) is 6.35. The van der Waals surface area contributed by atoms with Crippen molar-refractivity contribution in [2.24, 2.45) is 0 Å². The molecule has 2 amide bonds. The maximum absolute atomic E-state index is 13.8. The van der Waals surface area contributed by atoms with E-state index in [0.717, 1.165) is 26.7 Å². The number of para-hydroxylation sites is 2. The number of benzene rings is 3. The summed E-state index contributed by atoms with van der Waals surface area (Å²) in [5, 5.41) is 12.9. The molecule has 0 aliphatic carbocycles. The van der Waals surface area contributed by atoms with Gasteiger partial charge in [-0.3, -0.25) is 24.6 Å². The van der Waals surface area contributed by atoms with Crippen molar-refractivity contribution >= 4 is 50.5 Å². The number of hydrogen-bond donors (Lipinski definition) is 2. The number of rotatable bonds is 5. The molecule has 6 rings (SSSR count). The number of aromatic amines is 2. The average Bonchev–Trinajstić information content (AvgIpc) is 3.55. The van der Waals surface area contributed by atoms with Gasteiger partial charge >= 0.3 is 0 Å². The van der Waals surface area contributed by atoms with Gasteiger partial charge in [0.15, 0.2) is 0 Å². The van der Waals surface area contributed by atoms with Crippen molar-refractivity contribution in [3.63, 3.8) is 0 Å². The number of nitro groups is 1. The quantitative estimate of drug-likeness (QED) is 0.217. The fourth-order valence-corrected chi connectivity index (χ4v) is 4.73. The summed E-state index contributed by atoms with van der Waals surface area (Å²) in [6, 6.07) is 21.2. The predicted octanol–water partition coefficient (Wildman–Crippen LogP) is 5.04. The summed E-state index contributed by atoms with van der Waals surface area (Å²) in [5.74, 6) is -0.877. The van der Waals surface area contributed by atoms with E-state index in [1.165, 1.54) is 12.1 Å². The second kappa shape index (κ2) is 7.81. The molecular weight excluding hydrogens is 444 g/mol. The molecule has 5 aromatic rings. The Bertz CT molecular complexity index is 1610. The van der Waals surface area contributed by atoms with Crippen LogP contribution < -0.4 is 0 Å². The molecule has 0 unspecified atom stereocenters. The Morgan fingerprint density at radius 1 is 0.743 bits per heavy atom. The molecule has 3 aromatic carbocycles. The van der Waals surface area contributed by atoms with Crippen LogP contribution in [0.2, 0.25) is 0 Å². The Kier molecular flexibility index (Phi) is 4.60. The topological polar surface area (TPSA) is 112 Å². The van der Waals surface area contributed by atoms with Gasteiger partial charge < -0.3 is 9.97 Å². The van der Waals surface area contributed by atoms with E-state index >= 15 is 0 Å². The molecule has 1 aliphatic rings. The van der Waals surface area contributed by atoms with Crippen LogP contribution in [0, 0.1) is 10.1 Å². The predicted molar refractivity (Wildman–Crippen MR) is 132 cm³/mol. The molecular formula is C27H18N4O4. The molecule has 1 aliphatic heterocycles. The number of amides is 2. The highest BCUT2D eigenvalue weighted by Gasteiger charge is 2.41. The lowest BCUT2D eigenvalue weighted by Crippen LogP contribution is -2.31. The first-order valence-corrected chi connectivity index (χ1v) is 11.0. The summed E-state index contributed by atoms with van der Waals surface area (Å²) in [6.07, 6.45) is 3.49. The van der Waals surface area contributed by atoms with Crippen LogP contribution >= 0.6 is 0 Å². The molecule has 0 atom stereocenters. The largest absolute Gasteiger partial charge is 0.361 e. The molecule has 2 N–H and O–H groups in total. The number of nitrogens with one attached hydrogen (secondary N) is 2. The van der Waals surface area contributed by atoms with Gasteiger partial charge in [0, 0.05) is 57.5 Å². The Morgan fingerprint density at radius 3 is 1.83 bits per heavy atom. The van der Waals surface area contributed by atoms with Crippen LogP contribution in [0.15, 0.2) is 85.2 Å². The van der Waals surface area contributed by atoms with Crippen LogP contribution in [0.5, 0.6) is 0 Å². The van der Waals surface area contributed by atoms with E-state index in [4.69, 9.17) is 0 Å². The first kappa shape index (κ1) is 20.6. The highest BCUT2D eigenvalue weighted by Crippen LogP contribution is 2.41. The Balaban J connectivity index is 1.53. The smallest absolute Gasteiger partial charge is 0.269 e. The highest BCUT2D eigenvalue weighted by molar-refractivity contribution is 6.50. The first-order valence-electron chi connectivity index (χ1n) is 11.0. The molecule has 0 saturated carbocycles. The number of hydrogen-bond acceptors (Lipinski definition) is 4. The molecule has 8 nitrogen and oxygen atoms in total. The Labute approximate surface area is 198 Å². The standard InChI is InChI=1S/C27H18N4O4/c32-26-24(20-13-28-22-10-3-1-8-18(20)22)25(21-14-29-23-11-4-2-9-19(21)23)27(33)30(26)15-16-6-5-7-17(12-16)31(34)35/h1-14,28-29H,15H2. The van der Waals surface area contributed by atoms with Gasteiger partial charge in [-0.15, -0.1) is 0 Å². The average molecular weight is 462 g/mol. The van der Waals surface area contributed by atoms with E-state index in [2.05, 4.69) is 9.97 Å². The number of nitrogens with zero attached hydrogens (tertiary/aromatic N) is 2. The fourth-order valence-electron chi connectivity index (χ4n) is 4.73. The molecule has 2 aromatic heterocycles. The van der Waals surface area contributed by atoms with E-state index in [1.54, 1.807) is 24.5 Å². The minimum absolute atomic E-state index is 0.0724. The van der Waals surface area contributed by atoms with Gasteiger partial charge in [-0.05, 0) is 17.7 Å². The van der Waals surface area contributed by atoms with E-state index in [0.29, 0.717) is 27.8 Å². The lowest BCUT2D eigenvalue weighted by atomic mass is 9.95. The Hall–Kier alpha value is -4.98. The second-order valence-corrected chi connectivity index (χ2v) is 8.37. The molecule has 0 spiro atoms. The number of carbonyl (C=O) groups is 2. The van der Waals surface area contributed by atoms with Crippen molar-refractivity contribution in [3.05, 3.63) is 112 Å². The lowest BCUT2D eigenvalue weighted by Gasteiger charge is -2.15. The third kappa shape index (κ3) is 3.23. The van der Waals surface area contributed by atoms with Crippen LogP contribution in [0.1, 0.15) is 16.7 Å². The monoisotopic (exact) mass is 462 g/mol. The van der Waals surface area contributed by atoms with Crippen LogP contribution in [-0.2, 0) is 16.1 Å². The number of non-ortho nitro benzene ring substituents is 1. The van der Waals surface area contributed by atoms with Crippen LogP contribution in [0.4, 0.5) is 5.69 Å². The van der Waals surface area contributed by atoms with Crippen LogP contribution in [0.25, 0.3) is 33.0 Å². The highest BCUT2D eigenvalue weighted by atomic mass is 16.6. The molecule has 35 heavy (non-hydrogen) atoms. The summed E-state index contributed by atoms with van der Waals surface area (Å²) in [4.78, 5) is 45.9. The zero-order valence-corrected chi connectivity index (χ0v) is 18.3. The summed E-state index contributed by atoms with van der Waals surface area (Å²) in [5.41, 5.74) is 4.01. The van der Waals surface area contributed by atoms with Gasteiger partial charge in [-0.25, -0.2) is 0 Å². The molecule has 0 saturated heterocycles. The van der Waals surface area contributed by atoms with E-state index in [-0.39, 0.29) is 12.2 Å². The van der Waals surface area contributed by atoms with E-state index < -0.39 is 16.7 Å². The maximum atomic E-state index is 13.8. The summed E-state index contributed by atoms with van der Waals surface area (Å²) >= 11 is 0. The van der Waals surface area contributed by atoms with E-state index in [9.17, 15) is 19.7 Å². The number of nitro benzene ring substituents is 1. The Morgan fingerprint density at radius 2 is 1.29 bits per heavy atom. The summed E-state index contributed by atoms with van der Waals surface area (Å²) in [6.45, 7) is -0.0724. The molecule has 8 heteroatoms. The SMILES string of the molecule is O=C1C(c2c[nH]c3ccccc23)=C(c2c[nH]c3ccccc23)C(=O)N1Cc1cccc([N+](=O)[O-])c1. The molecule has 0 fully saturated rings. The molecule has 3 heterocycles. The first-order chi connectivity index (χ1) is 17.0. The van der Waals surface area contributed by atoms with Gasteiger partial charge in [0.1, 0.15) is 0 Å². The normalized spacial score (nSPS) is 14.0. The van der Waals surface area contributed by atoms with Gasteiger partial charge in [-0.2, -0.15) is 0 Å². The number of H-pyrrole nitrogens is 2. The van der Waals surface area contributed by atoms with Gasteiger partial charge in [-0.1, -0.05) is 48.5 Å². The van der Waals surface area contributed by atoms with Crippen LogP contribution in [0.3, 0.4) is 0 Å². The molecule has 0 bridgehead atoms. The number of fused-ring (bicyclic) bond motifs is 2. The minimum Gasteiger partial charge on any atom is -0.361 e. The van der Waals surface area contributed by atoms with Gasteiger partial charge in [0.25, 0.3) is 17.5 Å². The summed E-state index contributed by atoms with van der Waals surface area (Å²) in [7, 11) is 0. The van der Waals surface area contributed by atoms with Crippen molar-refractivity contribution < 1.29 is 14.5 Å². The molecule has 0 radical (unpaired) electrons. The number of aromatic nitrogens is 2. The minimum atomic E-state index is -0.496. The maximum Gasteiger partial charge on any atom is 0.269 e. The van der Waals surface area contributed by atoms with Crippen molar-refractivity contribution in [3.8, 4) is 0 Å². The number of imide groups is 1. The zero-order chi connectivity index (χ0) is 24.1. The van der Waals surface area contributed by atoms with Gasteiger partial charge in [0.2, 0.25) is 0 Å². The second-order valence-electron chi connectivity index (χ2n) is 8.37. The van der Waals surface area contributed by atoms with Crippen molar-refractivity contribution in [1.29, 1.82) is 0 Å². The van der Waals surface area contributed by atoms with Crippen molar-refractivity contribution in [2.75, 3.05) is 0 Å². The summed E-state index contributed by atoms with van der Waals surface area (Å²) < 4.78 is 0. The molecule has 170 valence electrons. The van der Waals surface area contributed by atoms with Crippen molar-refractivity contribution in [1.82, 2.24) is 14.9 Å². The van der Waals surface area contributed by atoms with Crippen molar-refractivity contribution in [2.45, 2.75) is 6.54 Å². The lowest BCUT2D eigenvalue weighted by molar-refractivity contribution is -0.384. The number of carbonyl (C=O) groups excluding carboxylic acids is 2. The van der Waals surface area contributed by atoms with Crippen LogP contribution in [-0.4, -0.2) is 31.6 Å². The van der Waals surface area contributed by atoms with E-state index in [1.807, 2.05) is 48.5 Å². The van der Waals surface area contributed by atoms with Gasteiger partial charge in [0.05, 0.1) is 22.6 Å².